The number of carboxylic acid groups (broad SMARTS) is 1. The number of rotatable bonds is 9. The molecule has 1 aromatic heterocycles. The number of ether oxygens (including phenoxy) is 2. The highest BCUT2D eigenvalue weighted by atomic mass is 35.5. The van der Waals surface area contributed by atoms with E-state index < -0.39 is 48.2 Å². The highest BCUT2D eigenvalue weighted by Crippen LogP contribution is 2.46. The van der Waals surface area contributed by atoms with E-state index in [0.717, 1.165) is 0 Å². The van der Waals surface area contributed by atoms with Crippen molar-refractivity contribution in [3.63, 3.8) is 0 Å². The van der Waals surface area contributed by atoms with Crippen molar-refractivity contribution in [1.29, 1.82) is 0 Å². The molecule has 0 bridgehead atoms. The van der Waals surface area contributed by atoms with Gasteiger partial charge in [-0.25, -0.2) is 4.79 Å². The number of nitrogens with zero attached hydrogens (tertiary/aromatic N) is 2. The fraction of sp³-hybridized carbons (Fsp3) is 0.310. The van der Waals surface area contributed by atoms with Crippen molar-refractivity contribution in [2.75, 3.05) is 0 Å². The molecule has 1 aliphatic heterocycles. The predicted octanol–water partition coefficient (Wildman–Crippen LogP) is 5.96. The van der Waals surface area contributed by atoms with E-state index in [1.807, 2.05) is 6.92 Å². The lowest BCUT2D eigenvalue weighted by atomic mass is 9.88. The van der Waals surface area contributed by atoms with E-state index >= 15 is 0 Å². The lowest BCUT2D eigenvalue weighted by Crippen LogP contribution is -2.58. The lowest BCUT2D eigenvalue weighted by molar-refractivity contribution is -0.202. The van der Waals surface area contributed by atoms with Gasteiger partial charge in [-0.1, -0.05) is 60.8 Å². The largest absolute Gasteiger partial charge is 0.480 e. The maximum atomic E-state index is 14.3. The van der Waals surface area contributed by atoms with Crippen molar-refractivity contribution in [2.24, 2.45) is 0 Å². The van der Waals surface area contributed by atoms with Crippen LogP contribution in [-0.4, -0.2) is 45.0 Å². The molecule has 3 aromatic rings. The highest BCUT2D eigenvalue weighted by molar-refractivity contribution is 6.30. The third-order valence-corrected chi connectivity index (χ3v) is 7.08. The van der Waals surface area contributed by atoms with E-state index in [9.17, 15) is 19.5 Å². The summed E-state index contributed by atoms with van der Waals surface area (Å²) in [6.07, 6.45) is 0.450. The molecular weight excluding hydrogens is 543 g/mol. The zero-order valence-corrected chi connectivity index (χ0v) is 22.9. The number of morpholine rings is 1. The first-order valence-electron chi connectivity index (χ1n) is 12.5. The number of hydrogen-bond donors (Lipinski definition) is 1. The Morgan fingerprint density at radius 2 is 1.56 bits per heavy atom. The Morgan fingerprint density at radius 3 is 2.08 bits per heavy atom. The molecule has 2 heterocycles. The second kappa shape index (κ2) is 12.6. The summed E-state index contributed by atoms with van der Waals surface area (Å²) in [6.45, 7) is 3.09. The van der Waals surface area contributed by atoms with Crippen molar-refractivity contribution in [3.05, 3.63) is 99.8 Å². The monoisotopic (exact) mass is 570 g/mol. The van der Waals surface area contributed by atoms with Crippen LogP contribution in [0.5, 0.6) is 0 Å². The van der Waals surface area contributed by atoms with Crippen LogP contribution in [0.15, 0.2) is 73.1 Å². The van der Waals surface area contributed by atoms with Gasteiger partial charge >= 0.3 is 11.9 Å². The number of esters is 1. The van der Waals surface area contributed by atoms with Crippen molar-refractivity contribution in [1.82, 2.24) is 9.88 Å². The maximum absolute atomic E-state index is 14.3. The van der Waals surface area contributed by atoms with Gasteiger partial charge in [-0.05, 0) is 59.5 Å². The molecule has 4 rings (SSSR count). The number of carboxylic acids is 1. The molecule has 1 saturated heterocycles. The number of amides is 1. The first kappa shape index (κ1) is 28.5. The summed E-state index contributed by atoms with van der Waals surface area (Å²) in [5.74, 6) is -2.37. The van der Waals surface area contributed by atoms with Gasteiger partial charge in [-0.15, -0.1) is 0 Å². The van der Waals surface area contributed by atoms with Gasteiger partial charge in [0, 0.05) is 29.4 Å². The van der Waals surface area contributed by atoms with Crippen LogP contribution in [0.2, 0.25) is 10.0 Å². The molecule has 0 aliphatic carbocycles. The predicted molar refractivity (Wildman–Crippen MR) is 145 cm³/mol. The molecule has 1 unspecified atom stereocenters. The Balaban J connectivity index is 1.93. The average Bonchev–Trinajstić information content (AvgIpc) is 2.92. The van der Waals surface area contributed by atoms with Crippen molar-refractivity contribution in [3.8, 4) is 0 Å². The molecule has 1 N–H and O–H groups in total. The number of hydrogen-bond acceptors (Lipinski definition) is 6. The molecule has 204 valence electrons. The molecule has 1 aliphatic rings. The molecule has 0 spiro atoms. The van der Waals surface area contributed by atoms with Crippen LogP contribution in [0.3, 0.4) is 0 Å². The topological polar surface area (TPSA) is 106 Å². The number of aromatic nitrogens is 1. The Kier molecular flexibility index (Phi) is 9.22. The van der Waals surface area contributed by atoms with Crippen molar-refractivity contribution >= 4 is 41.0 Å². The van der Waals surface area contributed by atoms with Crippen LogP contribution in [0.1, 0.15) is 61.6 Å². The summed E-state index contributed by atoms with van der Waals surface area (Å²) in [6, 6.07) is 15.0. The standard InChI is InChI=1S/C29H28Cl2N2O6/c1-3-4-23(29(36)37)33-24(18-5-9-21(30)10-6-18)25(19-7-11-22(31)12-8-19)39-27(28(33)35)26(38-17(2)34)20-13-15-32-16-14-20/h5-16,23-27H,3-4H2,1-2H3,(H,36,37)/t23?,24-,25+,26-,27+/m0/s1. The molecular formula is C29H28Cl2N2O6. The highest BCUT2D eigenvalue weighted by Gasteiger charge is 2.51. The van der Waals surface area contributed by atoms with Gasteiger partial charge in [0.2, 0.25) is 0 Å². The second-order valence-electron chi connectivity index (χ2n) is 9.22. The Morgan fingerprint density at radius 1 is 1.00 bits per heavy atom. The van der Waals surface area contributed by atoms with Gasteiger partial charge in [0.25, 0.3) is 5.91 Å². The van der Waals surface area contributed by atoms with Crippen LogP contribution in [0, 0.1) is 0 Å². The third kappa shape index (κ3) is 6.41. The molecule has 5 atom stereocenters. The smallest absolute Gasteiger partial charge is 0.326 e. The molecule has 8 nitrogen and oxygen atoms in total. The summed E-state index contributed by atoms with van der Waals surface area (Å²) in [5.41, 5.74) is 1.79. The van der Waals surface area contributed by atoms with Gasteiger partial charge in [-0.2, -0.15) is 0 Å². The van der Waals surface area contributed by atoms with Gasteiger partial charge < -0.3 is 19.5 Å². The Bertz CT molecular complexity index is 1300. The first-order chi connectivity index (χ1) is 18.7. The summed E-state index contributed by atoms with van der Waals surface area (Å²) in [5, 5.41) is 11.3. The normalized spacial score (nSPS) is 20.8. The van der Waals surface area contributed by atoms with Gasteiger partial charge in [-0.3, -0.25) is 14.6 Å². The van der Waals surface area contributed by atoms with Crippen molar-refractivity contribution < 1.29 is 29.0 Å². The fourth-order valence-corrected chi connectivity index (χ4v) is 5.12. The molecule has 1 fully saturated rings. The lowest BCUT2D eigenvalue weighted by Gasteiger charge is -2.48. The van der Waals surface area contributed by atoms with Crippen LogP contribution >= 0.6 is 23.2 Å². The van der Waals surface area contributed by atoms with Gasteiger partial charge in [0.15, 0.2) is 12.2 Å². The molecule has 2 aromatic carbocycles. The van der Waals surface area contributed by atoms with E-state index in [-0.39, 0.29) is 6.42 Å². The summed E-state index contributed by atoms with van der Waals surface area (Å²) >= 11 is 12.3. The summed E-state index contributed by atoms with van der Waals surface area (Å²) in [7, 11) is 0. The zero-order chi connectivity index (χ0) is 28.1. The Hall–Kier alpha value is -3.46. The van der Waals surface area contributed by atoms with Crippen LogP contribution < -0.4 is 0 Å². The van der Waals surface area contributed by atoms with Crippen LogP contribution in [0.25, 0.3) is 0 Å². The van der Waals surface area contributed by atoms with E-state index in [4.69, 9.17) is 32.7 Å². The average molecular weight is 571 g/mol. The first-order valence-corrected chi connectivity index (χ1v) is 13.2. The van der Waals surface area contributed by atoms with E-state index in [1.165, 1.54) is 24.2 Å². The van der Waals surface area contributed by atoms with Crippen LogP contribution in [0.4, 0.5) is 0 Å². The molecule has 10 heteroatoms. The van der Waals surface area contributed by atoms with E-state index in [0.29, 0.717) is 33.2 Å². The Labute approximate surface area is 236 Å². The number of pyridine rings is 1. The van der Waals surface area contributed by atoms with E-state index in [1.54, 1.807) is 60.7 Å². The fourth-order valence-electron chi connectivity index (χ4n) is 4.87. The molecule has 39 heavy (non-hydrogen) atoms. The minimum Gasteiger partial charge on any atom is -0.480 e. The summed E-state index contributed by atoms with van der Waals surface area (Å²) in [4.78, 5) is 44.5. The van der Waals surface area contributed by atoms with E-state index in [2.05, 4.69) is 4.98 Å². The van der Waals surface area contributed by atoms with Crippen LogP contribution in [-0.2, 0) is 23.9 Å². The number of aliphatic carboxylic acids is 1. The molecule has 1 amide bonds. The third-order valence-electron chi connectivity index (χ3n) is 6.57. The second-order valence-corrected chi connectivity index (χ2v) is 10.1. The number of carbonyl (C=O) groups is 3. The van der Waals surface area contributed by atoms with Gasteiger partial charge in [0.1, 0.15) is 12.1 Å². The number of benzene rings is 2. The minimum absolute atomic E-state index is 0.207. The maximum Gasteiger partial charge on any atom is 0.326 e. The molecule has 0 saturated carbocycles. The summed E-state index contributed by atoms with van der Waals surface area (Å²) < 4.78 is 12.1. The quantitative estimate of drug-likeness (QED) is 0.316. The van der Waals surface area contributed by atoms with Crippen molar-refractivity contribution in [2.45, 2.75) is 57.1 Å². The number of halogens is 2. The minimum atomic E-state index is -1.33. The SMILES string of the molecule is CCCC(C(=O)O)N1C(=O)[C@@H]([C@@H](OC(C)=O)c2ccncc2)O[C@H](c2ccc(Cl)cc2)[C@@H]1c1ccc(Cl)cc1. The molecule has 0 radical (unpaired) electrons. The zero-order valence-electron chi connectivity index (χ0n) is 21.4. The van der Waals surface area contributed by atoms with Gasteiger partial charge in [0.05, 0.1) is 6.04 Å². The number of carbonyl (C=O) groups excluding carboxylic acids is 2.